The second-order valence-electron chi connectivity index (χ2n) is 8.11. The standard InChI is InChI=1S/C26H26N4O5/c1-17(19-9-6-10-20(13-19)27-25(32)18-7-4-3-5-8-18)30(2)15-24(31)29-26(33)28-21-11-12-22-23(14-21)35-16-34-22/h3-14,17H,15-16H2,1-2H3,(H,27,32)(H2,28,29,31,33). The number of nitrogens with one attached hydrogen (secondary N) is 3. The first-order valence-electron chi connectivity index (χ1n) is 11.1. The monoisotopic (exact) mass is 474 g/mol. The summed E-state index contributed by atoms with van der Waals surface area (Å²) in [7, 11) is 1.79. The maximum absolute atomic E-state index is 12.4. The number of carbonyl (C=O) groups is 3. The molecule has 0 radical (unpaired) electrons. The van der Waals surface area contributed by atoms with Gasteiger partial charge >= 0.3 is 6.03 Å². The van der Waals surface area contributed by atoms with E-state index in [0.717, 1.165) is 5.56 Å². The number of hydrogen-bond acceptors (Lipinski definition) is 6. The van der Waals surface area contributed by atoms with E-state index in [9.17, 15) is 14.4 Å². The predicted molar refractivity (Wildman–Crippen MR) is 132 cm³/mol. The van der Waals surface area contributed by atoms with E-state index in [-0.39, 0.29) is 25.3 Å². The lowest BCUT2D eigenvalue weighted by atomic mass is 10.1. The van der Waals surface area contributed by atoms with Gasteiger partial charge in [-0.1, -0.05) is 30.3 Å². The first kappa shape index (κ1) is 23.8. The van der Waals surface area contributed by atoms with Crippen LogP contribution in [-0.4, -0.2) is 43.1 Å². The van der Waals surface area contributed by atoms with Crippen molar-refractivity contribution in [1.29, 1.82) is 0 Å². The third kappa shape index (κ3) is 6.15. The van der Waals surface area contributed by atoms with Gasteiger partial charge in [-0.2, -0.15) is 0 Å². The van der Waals surface area contributed by atoms with E-state index in [1.165, 1.54) is 0 Å². The minimum Gasteiger partial charge on any atom is -0.454 e. The molecule has 3 aromatic rings. The molecule has 0 spiro atoms. The quantitative estimate of drug-likeness (QED) is 0.478. The summed E-state index contributed by atoms with van der Waals surface area (Å²) in [6.45, 7) is 2.07. The van der Waals surface area contributed by atoms with Gasteiger partial charge in [0.15, 0.2) is 11.5 Å². The fraction of sp³-hybridized carbons (Fsp3) is 0.192. The highest BCUT2D eigenvalue weighted by Gasteiger charge is 2.18. The molecule has 0 aromatic heterocycles. The van der Waals surface area contributed by atoms with Crippen molar-refractivity contribution < 1.29 is 23.9 Å². The Kier molecular flexibility index (Phi) is 7.27. The number of likely N-dealkylation sites (N-methyl/N-ethyl adjacent to an activating group) is 1. The van der Waals surface area contributed by atoms with Gasteiger partial charge in [0.2, 0.25) is 12.7 Å². The number of nitrogens with zero attached hydrogens (tertiary/aromatic N) is 1. The fourth-order valence-electron chi connectivity index (χ4n) is 3.59. The number of rotatable bonds is 7. The lowest BCUT2D eigenvalue weighted by Crippen LogP contribution is -2.41. The van der Waals surface area contributed by atoms with Gasteiger partial charge in [-0.05, 0) is 55.9 Å². The lowest BCUT2D eigenvalue weighted by molar-refractivity contribution is -0.121. The maximum atomic E-state index is 12.4. The largest absolute Gasteiger partial charge is 0.454 e. The Hall–Kier alpha value is -4.37. The van der Waals surface area contributed by atoms with Gasteiger partial charge in [0.1, 0.15) is 0 Å². The predicted octanol–water partition coefficient (Wildman–Crippen LogP) is 4.01. The summed E-state index contributed by atoms with van der Waals surface area (Å²) < 4.78 is 10.5. The molecule has 1 aliphatic heterocycles. The minimum absolute atomic E-state index is 0.00364. The van der Waals surface area contributed by atoms with E-state index in [4.69, 9.17) is 9.47 Å². The molecule has 0 saturated carbocycles. The van der Waals surface area contributed by atoms with Crippen molar-refractivity contribution in [1.82, 2.24) is 10.2 Å². The van der Waals surface area contributed by atoms with E-state index in [0.29, 0.717) is 28.4 Å². The van der Waals surface area contributed by atoms with Crippen molar-refractivity contribution in [2.75, 3.05) is 31.0 Å². The molecule has 1 atom stereocenters. The Bertz CT molecular complexity index is 1230. The van der Waals surface area contributed by atoms with Crippen LogP contribution >= 0.6 is 0 Å². The van der Waals surface area contributed by atoms with Crippen LogP contribution in [0.25, 0.3) is 0 Å². The number of carbonyl (C=O) groups excluding carboxylic acids is 3. The summed E-state index contributed by atoms with van der Waals surface area (Å²) in [4.78, 5) is 38.9. The van der Waals surface area contributed by atoms with Crippen LogP contribution < -0.4 is 25.4 Å². The Balaban J connectivity index is 1.30. The Morgan fingerprint density at radius 1 is 0.886 bits per heavy atom. The number of imide groups is 1. The van der Waals surface area contributed by atoms with Crippen LogP contribution in [0, 0.1) is 0 Å². The summed E-state index contributed by atoms with van der Waals surface area (Å²) in [5, 5.41) is 7.83. The topological polar surface area (TPSA) is 109 Å². The smallest absolute Gasteiger partial charge is 0.325 e. The Morgan fingerprint density at radius 2 is 1.63 bits per heavy atom. The Labute approximate surface area is 203 Å². The van der Waals surface area contributed by atoms with Crippen molar-refractivity contribution >= 4 is 29.2 Å². The summed E-state index contributed by atoms with van der Waals surface area (Å²) in [5.41, 5.74) is 2.62. The molecule has 0 saturated heterocycles. The molecule has 9 heteroatoms. The molecule has 3 aromatic carbocycles. The number of urea groups is 1. The molecule has 0 aliphatic carbocycles. The van der Waals surface area contributed by atoms with Crippen LogP contribution in [0.1, 0.15) is 28.9 Å². The second-order valence-corrected chi connectivity index (χ2v) is 8.11. The lowest BCUT2D eigenvalue weighted by Gasteiger charge is -2.24. The highest BCUT2D eigenvalue weighted by molar-refractivity contribution is 6.04. The number of fused-ring (bicyclic) bond motifs is 1. The number of anilines is 2. The van der Waals surface area contributed by atoms with Crippen molar-refractivity contribution in [3.8, 4) is 11.5 Å². The zero-order valence-electron chi connectivity index (χ0n) is 19.4. The molecule has 35 heavy (non-hydrogen) atoms. The second kappa shape index (κ2) is 10.7. The van der Waals surface area contributed by atoms with Crippen molar-refractivity contribution in [2.45, 2.75) is 13.0 Å². The van der Waals surface area contributed by atoms with Gasteiger partial charge in [0, 0.05) is 29.0 Å². The molecular formula is C26H26N4O5. The van der Waals surface area contributed by atoms with E-state index in [1.54, 1.807) is 42.3 Å². The number of hydrogen-bond donors (Lipinski definition) is 3. The average molecular weight is 475 g/mol. The molecule has 4 amide bonds. The number of amides is 4. The fourth-order valence-corrected chi connectivity index (χ4v) is 3.59. The summed E-state index contributed by atoms with van der Waals surface area (Å²) in [6.07, 6.45) is 0. The SMILES string of the molecule is CC(c1cccc(NC(=O)c2ccccc2)c1)N(C)CC(=O)NC(=O)Nc1ccc2c(c1)OCO2. The van der Waals surface area contributed by atoms with Crippen molar-refractivity contribution in [3.63, 3.8) is 0 Å². The summed E-state index contributed by atoms with van der Waals surface area (Å²) in [6, 6.07) is 20.6. The van der Waals surface area contributed by atoms with Crippen LogP contribution in [0.5, 0.6) is 11.5 Å². The number of ether oxygens (including phenoxy) is 2. The van der Waals surface area contributed by atoms with E-state index < -0.39 is 11.9 Å². The summed E-state index contributed by atoms with van der Waals surface area (Å²) >= 11 is 0. The average Bonchev–Trinajstić information content (AvgIpc) is 3.32. The molecule has 1 unspecified atom stereocenters. The van der Waals surface area contributed by atoms with Gasteiger partial charge in [-0.15, -0.1) is 0 Å². The molecule has 4 rings (SSSR count). The van der Waals surface area contributed by atoms with Crippen LogP contribution in [0.3, 0.4) is 0 Å². The van der Waals surface area contributed by atoms with Crippen LogP contribution in [0.2, 0.25) is 0 Å². The third-order valence-electron chi connectivity index (χ3n) is 5.60. The summed E-state index contributed by atoms with van der Waals surface area (Å²) in [5.74, 6) is 0.485. The molecule has 0 bridgehead atoms. The molecule has 1 heterocycles. The van der Waals surface area contributed by atoms with E-state index in [2.05, 4.69) is 16.0 Å². The third-order valence-corrected chi connectivity index (χ3v) is 5.60. The minimum atomic E-state index is -0.638. The van der Waals surface area contributed by atoms with Crippen molar-refractivity contribution in [2.24, 2.45) is 0 Å². The normalized spacial score (nSPS) is 12.7. The molecule has 1 aliphatic rings. The Morgan fingerprint density at radius 3 is 2.43 bits per heavy atom. The van der Waals surface area contributed by atoms with E-state index in [1.807, 2.05) is 49.4 Å². The van der Waals surface area contributed by atoms with Crippen molar-refractivity contribution in [3.05, 3.63) is 83.9 Å². The van der Waals surface area contributed by atoms with Gasteiger partial charge in [-0.3, -0.25) is 19.8 Å². The molecule has 3 N–H and O–H groups in total. The highest BCUT2D eigenvalue weighted by atomic mass is 16.7. The van der Waals surface area contributed by atoms with Crippen LogP contribution in [-0.2, 0) is 4.79 Å². The van der Waals surface area contributed by atoms with E-state index >= 15 is 0 Å². The molecular weight excluding hydrogens is 448 g/mol. The first-order valence-corrected chi connectivity index (χ1v) is 11.1. The molecule has 0 fully saturated rings. The zero-order chi connectivity index (χ0) is 24.8. The van der Waals surface area contributed by atoms with Gasteiger partial charge in [-0.25, -0.2) is 4.79 Å². The first-order chi connectivity index (χ1) is 16.9. The van der Waals surface area contributed by atoms with Gasteiger partial charge in [0.05, 0.1) is 6.54 Å². The highest BCUT2D eigenvalue weighted by Crippen LogP contribution is 2.34. The van der Waals surface area contributed by atoms with Crippen LogP contribution in [0.15, 0.2) is 72.8 Å². The van der Waals surface area contributed by atoms with Crippen LogP contribution in [0.4, 0.5) is 16.2 Å². The zero-order valence-corrected chi connectivity index (χ0v) is 19.4. The van der Waals surface area contributed by atoms with Gasteiger partial charge < -0.3 is 20.1 Å². The maximum Gasteiger partial charge on any atom is 0.325 e. The number of benzene rings is 3. The van der Waals surface area contributed by atoms with Gasteiger partial charge in [0.25, 0.3) is 5.91 Å². The molecule has 9 nitrogen and oxygen atoms in total. The molecule has 180 valence electrons.